The first-order valence-corrected chi connectivity index (χ1v) is 9.43. The average Bonchev–Trinajstić information content (AvgIpc) is 3.32. The first-order valence-electron chi connectivity index (χ1n) is 9.43. The third kappa shape index (κ3) is 3.59. The van der Waals surface area contributed by atoms with Gasteiger partial charge in [-0.05, 0) is 50.2 Å². The van der Waals surface area contributed by atoms with Crippen molar-refractivity contribution in [2.75, 3.05) is 13.7 Å². The van der Waals surface area contributed by atoms with Gasteiger partial charge in [0, 0.05) is 11.3 Å². The van der Waals surface area contributed by atoms with E-state index in [1.807, 2.05) is 60.0 Å². The van der Waals surface area contributed by atoms with Gasteiger partial charge in [-0.15, -0.1) is 0 Å². The zero-order valence-corrected chi connectivity index (χ0v) is 16.6. The fourth-order valence-electron chi connectivity index (χ4n) is 3.31. The second kappa shape index (κ2) is 7.79. The molecule has 0 amide bonds. The molecule has 7 heteroatoms. The Labute approximate surface area is 168 Å². The molecule has 0 fully saturated rings. The summed E-state index contributed by atoms with van der Waals surface area (Å²) in [5.41, 5.74) is 4.88. The van der Waals surface area contributed by atoms with Gasteiger partial charge in [0.25, 0.3) is 0 Å². The van der Waals surface area contributed by atoms with Gasteiger partial charge in [-0.1, -0.05) is 18.2 Å². The van der Waals surface area contributed by atoms with Crippen LogP contribution >= 0.6 is 0 Å². The molecule has 3 aromatic heterocycles. The molecular weight excluding hydrogens is 368 g/mol. The van der Waals surface area contributed by atoms with Crippen molar-refractivity contribution >= 4 is 11.5 Å². The van der Waals surface area contributed by atoms with E-state index >= 15 is 0 Å². The summed E-state index contributed by atoms with van der Waals surface area (Å²) >= 11 is 0. The van der Waals surface area contributed by atoms with Crippen LogP contribution in [0.3, 0.4) is 0 Å². The SMILES string of the molecule is CCOC(=O)c1cc(C)n(Cc2cccc3cc(-c4ccccc4OC)nn23)n1. The fourth-order valence-corrected chi connectivity index (χ4v) is 3.31. The zero-order chi connectivity index (χ0) is 20.4. The van der Waals surface area contributed by atoms with E-state index < -0.39 is 5.97 Å². The number of esters is 1. The molecule has 148 valence electrons. The molecule has 7 nitrogen and oxygen atoms in total. The molecule has 3 heterocycles. The Bertz CT molecular complexity index is 1180. The molecule has 0 spiro atoms. The fraction of sp³-hybridized carbons (Fsp3) is 0.227. The molecule has 1 aromatic carbocycles. The number of fused-ring (bicyclic) bond motifs is 1. The van der Waals surface area contributed by atoms with Gasteiger partial charge in [0.1, 0.15) is 5.75 Å². The summed E-state index contributed by atoms with van der Waals surface area (Å²) in [5.74, 6) is 0.365. The lowest BCUT2D eigenvalue weighted by atomic mass is 10.1. The third-order valence-electron chi connectivity index (χ3n) is 4.73. The second-order valence-corrected chi connectivity index (χ2v) is 6.63. The normalized spacial score (nSPS) is 11.0. The number of hydrogen-bond acceptors (Lipinski definition) is 5. The highest BCUT2D eigenvalue weighted by molar-refractivity contribution is 5.87. The Balaban J connectivity index is 1.71. The van der Waals surface area contributed by atoms with Gasteiger partial charge in [0.2, 0.25) is 0 Å². The summed E-state index contributed by atoms with van der Waals surface area (Å²) < 4.78 is 14.2. The van der Waals surface area contributed by atoms with Crippen molar-refractivity contribution in [2.45, 2.75) is 20.4 Å². The molecule has 0 N–H and O–H groups in total. The summed E-state index contributed by atoms with van der Waals surface area (Å²) in [6, 6.07) is 17.6. The molecule has 4 aromatic rings. The Kier molecular flexibility index (Phi) is 5.03. The number of nitrogens with zero attached hydrogens (tertiary/aromatic N) is 4. The highest BCUT2D eigenvalue weighted by Gasteiger charge is 2.15. The Morgan fingerprint density at radius 3 is 2.69 bits per heavy atom. The maximum Gasteiger partial charge on any atom is 0.358 e. The summed E-state index contributed by atoms with van der Waals surface area (Å²) in [6.45, 7) is 4.50. The van der Waals surface area contributed by atoms with Crippen molar-refractivity contribution < 1.29 is 14.3 Å². The minimum absolute atomic E-state index is 0.312. The molecule has 0 aliphatic carbocycles. The number of benzene rings is 1. The van der Waals surface area contributed by atoms with E-state index in [2.05, 4.69) is 5.10 Å². The number of pyridine rings is 1. The number of methoxy groups -OCH3 is 1. The summed E-state index contributed by atoms with van der Waals surface area (Å²) in [6.07, 6.45) is 0. The van der Waals surface area contributed by atoms with Gasteiger partial charge < -0.3 is 9.47 Å². The number of aromatic nitrogens is 4. The molecule has 0 bridgehead atoms. The minimum Gasteiger partial charge on any atom is -0.496 e. The van der Waals surface area contributed by atoms with Crippen molar-refractivity contribution in [1.82, 2.24) is 19.4 Å². The van der Waals surface area contributed by atoms with E-state index in [1.165, 1.54) is 0 Å². The number of rotatable bonds is 6. The van der Waals surface area contributed by atoms with E-state index in [0.717, 1.165) is 33.9 Å². The largest absolute Gasteiger partial charge is 0.496 e. The van der Waals surface area contributed by atoms with Gasteiger partial charge in [0.15, 0.2) is 5.69 Å². The maximum atomic E-state index is 12.0. The van der Waals surface area contributed by atoms with Crippen LogP contribution in [0, 0.1) is 6.92 Å². The molecule has 0 saturated heterocycles. The average molecular weight is 390 g/mol. The van der Waals surface area contributed by atoms with Gasteiger partial charge in [-0.3, -0.25) is 4.68 Å². The first-order chi connectivity index (χ1) is 14.1. The van der Waals surface area contributed by atoms with E-state index in [1.54, 1.807) is 24.8 Å². The predicted octanol–water partition coefficient (Wildman–Crippen LogP) is 3.74. The second-order valence-electron chi connectivity index (χ2n) is 6.63. The molecule has 0 unspecified atom stereocenters. The van der Waals surface area contributed by atoms with Crippen LogP contribution in [0.25, 0.3) is 16.8 Å². The van der Waals surface area contributed by atoms with E-state index in [-0.39, 0.29) is 0 Å². The van der Waals surface area contributed by atoms with Crippen LogP contribution in [0.5, 0.6) is 5.75 Å². The number of ether oxygens (including phenoxy) is 2. The highest BCUT2D eigenvalue weighted by Crippen LogP contribution is 2.29. The number of carbonyl (C=O) groups excluding carboxylic acids is 1. The standard InChI is InChI=1S/C22H22N4O3/c1-4-29-22(27)20-12-15(2)25(23-20)14-17-9-7-8-16-13-19(24-26(16)17)18-10-5-6-11-21(18)28-3/h5-13H,4,14H2,1-3H3. The van der Waals surface area contributed by atoms with Crippen LogP contribution in [-0.4, -0.2) is 39.1 Å². The summed E-state index contributed by atoms with van der Waals surface area (Å²) in [4.78, 5) is 12.0. The van der Waals surface area contributed by atoms with Crippen molar-refractivity contribution in [3.8, 4) is 17.0 Å². The third-order valence-corrected chi connectivity index (χ3v) is 4.73. The number of carbonyl (C=O) groups is 1. The molecule has 0 aliphatic rings. The zero-order valence-electron chi connectivity index (χ0n) is 16.6. The molecule has 4 rings (SSSR count). The van der Waals surface area contributed by atoms with Gasteiger partial charge in [0.05, 0.1) is 37.2 Å². The van der Waals surface area contributed by atoms with Gasteiger partial charge in [-0.2, -0.15) is 10.2 Å². The monoisotopic (exact) mass is 390 g/mol. The minimum atomic E-state index is -0.412. The van der Waals surface area contributed by atoms with Gasteiger partial charge in [-0.25, -0.2) is 9.31 Å². The lowest BCUT2D eigenvalue weighted by Crippen LogP contribution is -2.10. The lowest BCUT2D eigenvalue weighted by molar-refractivity contribution is 0.0518. The van der Waals surface area contributed by atoms with Crippen LogP contribution in [0.1, 0.15) is 28.8 Å². The van der Waals surface area contributed by atoms with Crippen molar-refractivity contribution in [1.29, 1.82) is 0 Å². The molecule has 0 saturated carbocycles. The number of hydrogen-bond donors (Lipinski definition) is 0. The molecule has 0 radical (unpaired) electrons. The molecule has 0 atom stereocenters. The molecule has 0 aliphatic heterocycles. The molecular formula is C22H22N4O3. The van der Waals surface area contributed by atoms with Crippen LogP contribution < -0.4 is 4.74 Å². The highest BCUT2D eigenvalue weighted by atomic mass is 16.5. The summed E-state index contributed by atoms with van der Waals surface area (Å²) in [7, 11) is 1.65. The van der Waals surface area contributed by atoms with Crippen molar-refractivity contribution in [2.24, 2.45) is 0 Å². The van der Waals surface area contributed by atoms with Crippen molar-refractivity contribution in [3.63, 3.8) is 0 Å². The smallest absolute Gasteiger partial charge is 0.358 e. The van der Waals surface area contributed by atoms with E-state index in [9.17, 15) is 4.79 Å². The van der Waals surface area contributed by atoms with Crippen LogP contribution in [0.2, 0.25) is 0 Å². The molecule has 29 heavy (non-hydrogen) atoms. The lowest BCUT2D eigenvalue weighted by Gasteiger charge is -2.07. The Hall–Kier alpha value is -3.61. The van der Waals surface area contributed by atoms with Gasteiger partial charge >= 0.3 is 5.97 Å². The quantitative estimate of drug-likeness (QED) is 0.469. The van der Waals surface area contributed by atoms with Crippen molar-refractivity contribution in [3.05, 3.63) is 71.7 Å². The Morgan fingerprint density at radius 2 is 1.90 bits per heavy atom. The van der Waals surface area contributed by atoms with Crippen LogP contribution in [0.4, 0.5) is 0 Å². The Morgan fingerprint density at radius 1 is 1.07 bits per heavy atom. The van der Waals surface area contributed by atoms with E-state index in [4.69, 9.17) is 14.6 Å². The van der Waals surface area contributed by atoms with Crippen LogP contribution in [-0.2, 0) is 11.3 Å². The summed E-state index contributed by atoms with van der Waals surface area (Å²) in [5, 5.41) is 9.20. The maximum absolute atomic E-state index is 12.0. The predicted molar refractivity (Wildman–Crippen MR) is 109 cm³/mol. The number of aryl methyl sites for hydroxylation is 1. The van der Waals surface area contributed by atoms with Crippen LogP contribution in [0.15, 0.2) is 54.6 Å². The number of para-hydroxylation sites is 1. The topological polar surface area (TPSA) is 70.7 Å². The first kappa shape index (κ1) is 18.7. The van der Waals surface area contributed by atoms with E-state index in [0.29, 0.717) is 18.8 Å².